The minimum atomic E-state index is -0.350. The van der Waals surface area contributed by atoms with Crippen LogP contribution in [0.3, 0.4) is 0 Å². The molecule has 0 radical (unpaired) electrons. The van der Waals surface area contributed by atoms with Crippen molar-refractivity contribution in [2.45, 2.75) is 126 Å². The number of H-pyrrole nitrogens is 1. The number of carbonyl (C=O) groups excluding carboxylic acids is 3. The number of aromatic hydroxyl groups is 1. The molecule has 0 bridgehead atoms. The first-order valence-corrected chi connectivity index (χ1v) is 36.3. The number of pyridine rings is 3. The van der Waals surface area contributed by atoms with Crippen molar-refractivity contribution >= 4 is 73.7 Å². The molecule has 3 amide bonds. The Morgan fingerprint density at radius 1 is 0.437 bits per heavy atom. The molecule has 103 heavy (non-hydrogen) atoms. The summed E-state index contributed by atoms with van der Waals surface area (Å²) >= 11 is 0. The van der Waals surface area contributed by atoms with Crippen LogP contribution in [-0.2, 0) is 14.2 Å². The van der Waals surface area contributed by atoms with Gasteiger partial charge in [-0.05, 0) is 132 Å². The zero-order valence-corrected chi connectivity index (χ0v) is 57.8. The Hall–Kier alpha value is -10.4. The van der Waals surface area contributed by atoms with Crippen molar-refractivity contribution in [1.82, 2.24) is 60.8 Å². The standard InChI is InChI=1S/C28H34N6O3.2C24H27N5O4/c35-28(23-4-3-5-26(32-23)34-12-1-2-13-34)31-20-6-8-22(9-7-20)37-25-19-21(33-14-16-36-17-15-33)18-24-27(25)30-11-10-29-24;30-18-5-6-25-21(15-18)24(31)28-16-1-3-19(4-2-16)33-22-14-17(29-9-11-32-12-10-29)13-20-23(22)27-8-7-26-20;30-20-2-1-7-26-23(20)24(31)28-16-3-5-18(6-4-16)33-21-15-17(29-10-12-32-13-11-29)14-19-22(21)27-9-8-25-19/h3-5,10-11,18-20,22H,1-2,6-9,12-17H2,(H,31,35);5-8,13-16,19H,1-4,9-12H2,(H,25,30)(H,28,31);1-2,7-9,14-16,18,30H,3-6,10-13H2,(H,28,31). The molecule has 3 aromatic carbocycles. The van der Waals surface area contributed by atoms with E-state index in [9.17, 15) is 24.3 Å². The van der Waals surface area contributed by atoms with Gasteiger partial charge in [0.25, 0.3) is 17.7 Å². The van der Waals surface area contributed by atoms with Crippen LogP contribution in [0.5, 0.6) is 23.0 Å². The molecule has 538 valence electrons. The lowest BCUT2D eigenvalue weighted by atomic mass is 9.92. The summed E-state index contributed by atoms with van der Waals surface area (Å²) in [6, 6.07) is 24.1. The first-order valence-electron chi connectivity index (χ1n) is 36.3. The SMILES string of the molecule is O=C(NC1CCC(Oc2cc(N3CCOCC3)cc3nccnc23)CC1)c1cc(=O)cc[nH]1.O=C(NC1CCC(Oc2cc(N3CCOCC3)cc3nccnc23)CC1)c1cccc(N2CCCC2)n1.O=C(NC1CCC(Oc2cc(N3CCOCC3)cc3nccnc23)CC1)c1ncccc1O. The zero-order valence-electron chi connectivity index (χ0n) is 57.8. The van der Waals surface area contributed by atoms with Gasteiger partial charge in [-0.3, -0.25) is 34.1 Å². The van der Waals surface area contributed by atoms with E-state index >= 15 is 0 Å². The van der Waals surface area contributed by atoms with E-state index < -0.39 is 0 Å². The van der Waals surface area contributed by atoms with Crippen LogP contribution in [0.4, 0.5) is 22.9 Å². The first-order chi connectivity index (χ1) is 50.5. The summed E-state index contributed by atoms with van der Waals surface area (Å²) in [7, 11) is 0. The third kappa shape index (κ3) is 17.9. The van der Waals surface area contributed by atoms with Gasteiger partial charge in [0.2, 0.25) is 0 Å². The molecule has 4 aliphatic heterocycles. The minimum absolute atomic E-state index is 0.0231. The Kier molecular flexibility index (Phi) is 22.7. The molecule has 7 fully saturated rings. The van der Waals surface area contributed by atoms with Crippen LogP contribution in [0.2, 0.25) is 0 Å². The number of nitrogens with one attached hydrogen (secondary N) is 4. The molecule has 7 aliphatic rings. The predicted molar refractivity (Wildman–Crippen MR) is 389 cm³/mol. The molecule has 0 atom stereocenters. The number of rotatable bonds is 16. The number of aromatic amines is 1. The fourth-order valence-electron chi connectivity index (χ4n) is 14.5. The van der Waals surface area contributed by atoms with Crippen LogP contribution in [-0.4, -0.2) is 196 Å². The van der Waals surface area contributed by atoms with E-state index in [0.717, 1.165) is 216 Å². The van der Waals surface area contributed by atoms with E-state index in [2.05, 4.69) is 117 Å². The largest absolute Gasteiger partial charge is 0.505 e. The molecule has 3 aliphatic carbocycles. The van der Waals surface area contributed by atoms with Gasteiger partial charge in [-0.25, -0.2) is 24.9 Å². The monoisotopic (exact) mass is 1400 g/mol. The summed E-state index contributed by atoms with van der Waals surface area (Å²) in [5, 5.41) is 19.1. The summed E-state index contributed by atoms with van der Waals surface area (Å²) in [6.45, 7) is 11.4. The molecule has 16 rings (SSSR count). The third-order valence-corrected chi connectivity index (χ3v) is 20.0. The Morgan fingerprint density at radius 3 is 1.28 bits per heavy atom. The van der Waals surface area contributed by atoms with Crippen molar-refractivity contribution < 1.29 is 47.9 Å². The number of carbonyl (C=O) groups is 3. The summed E-state index contributed by atoms with van der Waals surface area (Å²) in [6.07, 6.45) is 25.6. The maximum atomic E-state index is 12.9. The lowest BCUT2D eigenvalue weighted by molar-refractivity contribution is 0.0881. The maximum Gasteiger partial charge on any atom is 0.273 e. The molecule has 27 nitrogen and oxygen atoms in total. The Bertz CT molecular complexity index is 4430. The molecule has 4 saturated heterocycles. The number of aromatic nitrogens is 9. The van der Waals surface area contributed by atoms with Gasteiger partial charge in [0.1, 0.15) is 56.8 Å². The topological polar surface area (TPSA) is 312 Å². The van der Waals surface area contributed by atoms with Gasteiger partial charge >= 0.3 is 0 Å². The highest BCUT2D eigenvalue weighted by Gasteiger charge is 2.31. The quantitative estimate of drug-likeness (QED) is 0.0605. The van der Waals surface area contributed by atoms with Crippen LogP contribution in [0, 0.1) is 0 Å². The Balaban J connectivity index is 0.000000131. The second kappa shape index (κ2) is 33.6. The van der Waals surface area contributed by atoms with Crippen LogP contribution < -0.4 is 55.2 Å². The number of benzene rings is 3. The summed E-state index contributed by atoms with van der Waals surface area (Å²) in [5.74, 6) is 2.36. The number of hydrogen-bond donors (Lipinski definition) is 5. The van der Waals surface area contributed by atoms with E-state index in [4.69, 9.17) is 28.4 Å². The molecule has 27 heteroatoms. The van der Waals surface area contributed by atoms with E-state index in [-0.39, 0.29) is 76.7 Å². The predicted octanol–water partition coefficient (Wildman–Crippen LogP) is 8.54. The normalized spacial score (nSPS) is 21.5. The Morgan fingerprint density at radius 2 is 0.854 bits per heavy atom. The lowest BCUT2D eigenvalue weighted by Crippen LogP contribution is -2.40. The first kappa shape index (κ1) is 69.7. The van der Waals surface area contributed by atoms with Gasteiger partial charge in [-0.15, -0.1) is 0 Å². The van der Waals surface area contributed by atoms with Crippen LogP contribution in [0.25, 0.3) is 33.1 Å². The van der Waals surface area contributed by atoms with E-state index in [1.807, 2.05) is 12.1 Å². The summed E-state index contributed by atoms with van der Waals surface area (Å²) < 4.78 is 35.9. The highest BCUT2D eigenvalue weighted by Crippen LogP contribution is 2.37. The van der Waals surface area contributed by atoms with Crippen LogP contribution >= 0.6 is 0 Å². The second-order valence-electron chi connectivity index (χ2n) is 27.0. The average Bonchev–Trinajstić information content (AvgIpc) is 1.68. The van der Waals surface area contributed by atoms with Gasteiger partial charge in [0, 0.05) is 167 Å². The number of amides is 3. The van der Waals surface area contributed by atoms with Gasteiger partial charge < -0.3 is 74.1 Å². The highest BCUT2D eigenvalue weighted by atomic mass is 16.5. The molecular weight excluding hydrogens is 1310 g/mol. The van der Waals surface area contributed by atoms with Crippen molar-refractivity contribution in [3.63, 3.8) is 0 Å². The van der Waals surface area contributed by atoms with E-state index in [1.54, 1.807) is 49.3 Å². The van der Waals surface area contributed by atoms with Gasteiger partial charge in [-0.2, -0.15) is 0 Å². The number of hydrogen-bond acceptors (Lipinski definition) is 23. The fourth-order valence-corrected chi connectivity index (χ4v) is 14.5. The smallest absolute Gasteiger partial charge is 0.273 e. The summed E-state index contributed by atoms with van der Waals surface area (Å²) in [4.78, 5) is 97.0. The summed E-state index contributed by atoms with van der Waals surface area (Å²) in [5.41, 5.74) is 8.65. The molecule has 0 unspecified atom stereocenters. The number of nitrogens with zero attached hydrogens (tertiary/aromatic N) is 12. The van der Waals surface area contributed by atoms with Crippen LogP contribution in [0.1, 0.15) is 121 Å². The average molecular weight is 1400 g/mol. The molecule has 10 heterocycles. The van der Waals surface area contributed by atoms with Crippen molar-refractivity contribution in [2.75, 3.05) is 112 Å². The number of anilines is 4. The molecule has 5 N–H and O–H groups in total. The van der Waals surface area contributed by atoms with E-state index in [1.165, 1.54) is 43.4 Å². The Labute approximate surface area is 596 Å². The van der Waals surface area contributed by atoms with Crippen LogP contribution in [0.15, 0.2) is 133 Å². The maximum absolute atomic E-state index is 12.9. The van der Waals surface area contributed by atoms with Gasteiger partial charge in [0.05, 0.1) is 74.5 Å². The minimum Gasteiger partial charge on any atom is -0.505 e. The van der Waals surface area contributed by atoms with Gasteiger partial charge in [0.15, 0.2) is 11.1 Å². The van der Waals surface area contributed by atoms with E-state index in [0.29, 0.717) is 32.1 Å². The molecule has 3 saturated carbocycles. The highest BCUT2D eigenvalue weighted by molar-refractivity contribution is 5.95. The molecule has 9 aromatic rings. The molecule has 6 aromatic heterocycles. The zero-order chi connectivity index (χ0) is 70.3. The third-order valence-electron chi connectivity index (χ3n) is 20.0. The number of fused-ring (bicyclic) bond motifs is 3. The number of ether oxygens (including phenoxy) is 6. The molecular formula is C76H88N16O11. The van der Waals surface area contributed by atoms with Crippen molar-refractivity contribution in [2.24, 2.45) is 0 Å². The lowest BCUT2D eigenvalue weighted by Gasteiger charge is -2.31. The van der Waals surface area contributed by atoms with Gasteiger partial charge in [-0.1, -0.05) is 6.07 Å². The number of morpholine rings is 3. The van der Waals surface area contributed by atoms with Crippen molar-refractivity contribution in [3.05, 3.63) is 156 Å². The fraction of sp³-hybridized carbons (Fsp3) is 0.447. The van der Waals surface area contributed by atoms with Crippen molar-refractivity contribution in [3.8, 4) is 23.0 Å². The van der Waals surface area contributed by atoms with Crippen molar-refractivity contribution in [1.29, 1.82) is 0 Å². The second-order valence-corrected chi connectivity index (χ2v) is 27.0. The molecule has 0 spiro atoms.